The van der Waals surface area contributed by atoms with E-state index in [1.807, 2.05) is 0 Å². The fourth-order valence-electron chi connectivity index (χ4n) is 3.23. The van der Waals surface area contributed by atoms with E-state index in [2.05, 4.69) is 36.1 Å². The normalized spacial score (nSPS) is 12.0. The molecule has 2 amide bonds. The smallest absolute Gasteiger partial charge is 0.409 e. The first-order chi connectivity index (χ1) is 16.8. The summed E-state index contributed by atoms with van der Waals surface area (Å²) in [5.41, 5.74) is 2.89. The maximum Gasteiger partial charge on any atom is 0.409 e. The molecule has 0 aliphatic rings. The molecule has 0 spiro atoms. The Labute approximate surface area is 208 Å². The second-order valence-corrected chi connectivity index (χ2v) is 8.13. The number of amides is 2. The number of H-pyrrole nitrogens is 1. The number of nitrogens with zero attached hydrogens (tertiary/aromatic N) is 5. The van der Waals surface area contributed by atoms with Gasteiger partial charge in [0.2, 0.25) is 5.91 Å². The summed E-state index contributed by atoms with van der Waals surface area (Å²) in [7, 11) is 0. The number of nitrogens with one attached hydrogen (secondary N) is 3. The fourth-order valence-corrected chi connectivity index (χ4v) is 3.66. The van der Waals surface area contributed by atoms with Gasteiger partial charge in [-0.25, -0.2) is 9.78 Å². The topological polar surface area (TPSA) is 151 Å². The maximum atomic E-state index is 12.6. The van der Waals surface area contributed by atoms with Crippen LogP contribution in [0.1, 0.15) is 24.4 Å². The van der Waals surface area contributed by atoms with Crippen LogP contribution in [0.3, 0.4) is 0 Å². The molecule has 4 aromatic rings. The predicted molar refractivity (Wildman–Crippen MR) is 130 cm³/mol. The zero-order valence-electron chi connectivity index (χ0n) is 18.1. The van der Waals surface area contributed by atoms with Crippen LogP contribution in [-0.4, -0.2) is 47.3 Å². The van der Waals surface area contributed by atoms with Gasteiger partial charge in [0.1, 0.15) is 23.0 Å². The highest BCUT2D eigenvalue weighted by Gasteiger charge is 2.17. The molecular formula is C22H18Cl2N8O3. The third-order valence-corrected chi connectivity index (χ3v) is 5.36. The third kappa shape index (κ3) is 5.83. The Hall–Kier alpha value is -4.22. The zero-order chi connectivity index (χ0) is 24.9. The average molecular weight is 513 g/mol. The van der Waals surface area contributed by atoms with Gasteiger partial charge >= 0.3 is 6.09 Å². The van der Waals surface area contributed by atoms with Crippen molar-refractivity contribution in [3.8, 4) is 16.9 Å². The Morgan fingerprint density at radius 1 is 1.17 bits per heavy atom. The van der Waals surface area contributed by atoms with E-state index in [1.165, 1.54) is 17.1 Å². The van der Waals surface area contributed by atoms with Crippen LogP contribution in [0.15, 0.2) is 54.9 Å². The Morgan fingerprint density at radius 2 is 1.94 bits per heavy atom. The van der Waals surface area contributed by atoms with Crippen LogP contribution in [0.25, 0.3) is 23.0 Å². The van der Waals surface area contributed by atoms with Crippen molar-refractivity contribution in [3.63, 3.8) is 0 Å². The van der Waals surface area contributed by atoms with Gasteiger partial charge in [0, 0.05) is 27.9 Å². The number of carbonyl (C=O) groups excluding carboxylic acids is 1. The molecule has 11 nitrogen and oxygen atoms in total. The van der Waals surface area contributed by atoms with Crippen molar-refractivity contribution < 1.29 is 14.7 Å². The molecule has 2 heterocycles. The number of tetrazole rings is 1. The Bertz CT molecular complexity index is 1380. The van der Waals surface area contributed by atoms with Gasteiger partial charge < -0.3 is 15.4 Å². The Kier molecular flexibility index (Phi) is 7.09. The first-order valence-corrected chi connectivity index (χ1v) is 10.9. The van der Waals surface area contributed by atoms with Crippen LogP contribution in [0, 0.1) is 0 Å². The van der Waals surface area contributed by atoms with Crippen LogP contribution in [0.4, 0.5) is 10.5 Å². The summed E-state index contributed by atoms with van der Waals surface area (Å²) in [4.78, 5) is 30.8. The molecule has 0 saturated carbocycles. The highest BCUT2D eigenvalue weighted by molar-refractivity contribution is 6.32. The standard InChI is InChI=1S/C22H18Cl2N8O3/c1-12(21-28-19(20(24)29-21)13-2-6-16(7-3-13)27-22(34)35)26-18(33)9-4-14-10-15(23)5-8-17(14)32-11-25-30-31-32/h2-12,27H,1H3,(H,26,33)(H,28,29)(H,34,35). The summed E-state index contributed by atoms with van der Waals surface area (Å²) in [5.74, 6) is 0.0925. The number of hydrogen-bond acceptors (Lipinski definition) is 6. The molecule has 0 saturated heterocycles. The molecule has 1 atom stereocenters. The first kappa shape index (κ1) is 23.9. The lowest BCUT2D eigenvalue weighted by Gasteiger charge is -2.10. The quantitative estimate of drug-likeness (QED) is 0.269. The van der Waals surface area contributed by atoms with E-state index < -0.39 is 12.1 Å². The van der Waals surface area contributed by atoms with E-state index >= 15 is 0 Å². The van der Waals surface area contributed by atoms with Crippen molar-refractivity contribution in [2.45, 2.75) is 13.0 Å². The highest BCUT2D eigenvalue weighted by atomic mass is 35.5. The zero-order valence-corrected chi connectivity index (χ0v) is 19.6. The van der Waals surface area contributed by atoms with Gasteiger partial charge in [0.15, 0.2) is 0 Å². The molecule has 13 heteroatoms. The number of imidazole rings is 1. The molecule has 0 radical (unpaired) electrons. The van der Waals surface area contributed by atoms with Crippen molar-refractivity contribution in [1.29, 1.82) is 0 Å². The maximum absolute atomic E-state index is 12.6. The van der Waals surface area contributed by atoms with Crippen molar-refractivity contribution >= 4 is 47.0 Å². The summed E-state index contributed by atoms with van der Waals surface area (Å²) < 4.78 is 1.47. The van der Waals surface area contributed by atoms with E-state index in [9.17, 15) is 9.59 Å². The molecule has 4 N–H and O–H groups in total. The van der Waals surface area contributed by atoms with Gasteiger partial charge in [0.25, 0.3) is 0 Å². The van der Waals surface area contributed by atoms with Gasteiger partial charge in [-0.3, -0.25) is 10.1 Å². The lowest BCUT2D eigenvalue weighted by atomic mass is 10.1. The van der Waals surface area contributed by atoms with E-state index in [0.717, 1.165) is 0 Å². The molecule has 0 fully saturated rings. The highest BCUT2D eigenvalue weighted by Crippen LogP contribution is 2.28. The largest absolute Gasteiger partial charge is 0.465 e. The van der Waals surface area contributed by atoms with E-state index in [0.29, 0.717) is 44.2 Å². The van der Waals surface area contributed by atoms with Gasteiger partial charge in [0.05, 0.1) is 11.7 Å². The second kappa shape index (κ2) is 10.4. The number of halogens is 2. The van der Waals surface area contributed by atoms with Crippen molar-refractivity contribution in [2.24, 2.45) is 0 Å². The van der Waals surface area contributed by atoms with Gasteiger partial charge in [-0.2, -0.15) is 4.68 Å². The number of benzene rings is 2. The lowest BCUT2D eigenvalue weighted by molar-refractivity contribution is -0.117. The summed E-state index contributed by atoms with van der Waals surface area (Å²) >= 11 is 12.4. The van der Waals surface area contributed by atoms with Gasteiger partial charge in [-0.1, -0.05) is 35.3 Å². The minimum atomic E-state index is -1.15. The summed E-state index contributed by atoms with van der Waals surface area (Å²) in [6.45, 7) is 1.76. The number of anilines is 1. The molecule has 2 aromatic carbocycles. The third-order valence-electron chi connectivity index (χ3n) is 4.86. The summed E-state index contributed by atoms with van der Waals surface area (Å²) in [6.07, 6.45) is 3.27. The average Bonchev–Trinajstić information content (AvgIpc) is 3.48. The number of carbonyl (C=O) groups is 2. The van der Waals surface area contributed by atoms with Crippen LogP contribution >= 0.6 is 23.2 Å². The van der Waals surface area contributed by atoms with E-state index in [4.69, 9.17) is 28.3 Å². The molecule has 35 heavy (non-hydrogen) atoms. The summed E-state index contributed by atoms with van der Waals surface area (Å²) in [6, 6.07) is 11.2. The van der Waals surface area contributed by atoms with Crippen molar-refractivity contribution in [1.82, 2.24) is 35.5 Å². The number of carboxylic acid groups (broad SMARTS) is 1. The van der Waals surface area contributed by atoms with Crippen LogP contribution < -0.4 is 10.6 Å². The minimum absolute atomic E-state index is 0.292. The number of aromatic amines is 1. The van der Waals surface area contributed by atoms with Crippen LogP contribution in [-0.2, 0) is 4.79 Å². The number of hydrogen-bond donors (Lipinski definition) is 4. The molecule has 0 bridgehead atoms. The molecule has 2 aromatic heterocycles. The molecule has 178 valence electrons. The van der Waals surface area contributed by atoms with Crippen molar-refractivity contribution in [2.75, 3.05) is 5.32 Å². The van der Waals surface area contributed by atoms with Gasteiger partial charge in [-0.05, 0) is 53.8 Å². The van der Waals surface area contributed by atoms with Gasteiger partial charge in [-0.15, -0.1) is 5.10 Å². The predicted octanol–water partition coefficient (Wildman–Crippen LogP) is 4.34. The number of aromatic nitrogens is 6. The van der Waals surface area contributed by atoms with E-state index in [-0.39, 0.29) is 5.91 Å². The fraction of sp³-hybridized carbons (Fsp3) is 0.0909. The first-order valence-electron chi connectivity index (χ1n) is 10.2. The SMILES string of the molecule is CC(NC(=O)C=Cc1cc(Cl)ccc1-n1cnnn1)c1nc(-c2ccc(NC(=O)O)cc2)c(Cl)[nH]1. The Morgan fingerprint density at radius 3 is 2.63 bits per heavy atom. The minimum Gasteiger partial charge on any atom is -0.465 e. The lowest BCUT2D eigenvalue weighted by Crippen LogP contribution is -2.25. The van der Waals surface area contributed by atoms with E-state index in [1.54, 1.807) is 55.5 Å². The Balaban J connectivity index is 1.46. The van der Waals surface area contributed by atoms with Crippen LogP contribution in [0.5, 0.6) is 0 Å². The number of rotatable bonds is 7. The molecule has 0 aliphatic carbocycles. The van der Waals surface area contributed by atoms with Crippen LogP contribution in [0.2, 0.25) is 10.2 Å². The summed E-state index contributed by atoms with van der Waals surface area (Å²) in [5, 5.41) is 25.8. The molecule has 4 rings (SSSR count). The molecule has 1 unspecified atom stereocenters. The monoisotopic (exact) mass is 512 g/mol. The second-order valence-electron chi connectivity index (χ2n) is 7.31. The molecule has 0 aliphatic heterocycles. The van der Waals surface area contributed by atoms with Crippen molar-refractivity contribution in [3.05, 3.63) is 76.4 Å². The molecular weight excluding hydrogens is 495 g/mol.